The highest BCUT2D eigenvalue weighted by molar-refractivity contribution is 7.22. The number of aryl methyl sites for hydroxylation is 2. The topological polar surface area (TPSA) is 69.0 Å². The molecule has 0 saturated carbocycles. The summed E-state index contributed by atoms with van der Waals surface area (Å²) in [6.45, 7) is 4.00. The summed E-state index contributed by atoms with van der Waals surface area (Å²) in [5.74, 6) is 0.398. The van der Waals surface area contributed by atoms with Crippen LogP contribution in [0.1, 0.15) is 21.6 Å². The van der Waals surface area contributed by atoms with Gasteiger partial charge in [-0.1, -0.05) is 29.5 Å². The molecule has 7 heteroatoms. The number of hydrogen-bond acceptors (Lipinski definition) is 5. The summed E-state index contributed by atoms with van der Waals surface area (Å²) in [5, 5.41) is 7.80. The first-order chi connectivity index (χ1) is 13.0. The molecule has 4 rings (SSSR count). The van der Waals surface area contributed by atoms with Gasteiger partial charge in [0.25, 0.3) is 5.91 Å². The van der Waals surface area contributed by atoms with E-state index in [2.05, 4.69) is 15.4 Å². The first kappa shape index (κ1) is 17.2. The van der Waals surface area contributed by atoms with Crippen LogP contribution >= 0.6 is 11.3 Å². The Labute approximate surface area is 160 Å². The van der Waals surface area contributed by atoms with Crippen molar-refractivity contribution in [2.24, 2.45) is 0 Å². The number of thiazole rings is 1. The lowest BCUT2D eigenvalue weighted by Gasteiger charge is -2.09. The standard InChI is InChI=1S/C20H18N4O2S/c1-12-7-8-16(26-3)15(11-12)24-10-9-14(23-24)19(25)22-20-21-18-13(2)5-4-6-17(18)27-20/h4-11H,1-3H3,(H,21,22,25). The van der Waals surface area contributed by atoms with Crippen LogP contribution in [0.4, 0.5) is 5.13 Å². The van der Waals surface area contributed by atoms with Gasteiger partial charge in [0.1, 0.15) is 11.4 Å². The third-order valence-electron chi connectivity index (χ3n) is 4.24. The van der Waals surface area contributed by atoms with E-state index >= 15 is 0 Å². The van der Waals surface area contributed by atoms with Gasteiger partial charge in [0, 0.05) is 6.20 Å². The number of nitrogens with zero attached hydrogens (tertiary/aromatic N) is 3. The molecule has 6 nitrogen and oxygen atoms in total. The SMILES string of the molecule is COc1ccc(C)cc1-n1ccc(C(=O)Nc2nc3c(C)cccc3s2)n1. The molecule has 0 bridgehead atoms. The van der Waals surface area contributed by atoms with Crippen LogP contribution in [0.3, 0.4) is 0 Å². The lowest BCUT2D eigenvalue weighted by atomic mass is 10.2. The summed E-state index contributed by atoms with van der Waals surface area (Å²) in [5.41, 5.74) is 4.17. The second-order valence-corrected chi connectivity index (χ2v) is 7.25. The normalized spacial score (nSPS) is 10.9. The lowest BCUT2D eigenvalue weighted by Crippen LogP contribution is -2.13. The Morgan fingerprint density at radius 2 is 2.04 bits per heavy atom. The molecule has 0 aliphatic heterocycles. The number of aromatic nitrogens is 3. The maximum Gasteiger partial charge on any atom is 0.277 e. The van der Waals surface area contributed by atoms with Gasteiger partial charge in [-0.05, 0) is 49.2 Å². The molecule has 0 aliphatic carbocycles. The van der Waals surface area contributed by atoms with Crippen molar-refractivity contribution in [3.8, 4) is 11.4 Å². The number of rotatable bonds is 4. The minimum Gasteiger partial charge on any atom is -0.494 e. The van der Waals surface area contributed by atoms with Crippen molar-refractivity contribution in [1.29, 1.82) is 0 Å². The third-order valence-corrected chi connectivity index (χ3v) is 5.18. The van der Waals surface area contributed by atoms with Gasteiger partial charge in [-0.25, -0.2) is 9.67 Å². The number of hydrogen-bond donors (Lipinski definition) is 1. The van der Waals surface area contributed by atoms with Gasteiger partial charge in [0.05, 0.1) is 17.3 Å². The van der Waals surface area contributed by atoms with E-state index in [1.54, 1.807) is 24.1 Å². The Kier molecular flexibility index (Phi) is 4.37. The van der Waals surface area contributed by atoms with Crippen LogP contribution < -0.4 is 10.1 Å². The Balaban J connectivity index is 1.60. The van der Waals surface area contributed by atoms with Gasteiger partial charge in [-0.2, -0.15) is 5.10 Å². The molecule has 0 spiro atoms. The van der Waals surface area contributed by atoms with Crippen LogP contribution in [0.25, 0.3) is 15.9 Å². The Hall–Kier alpha value is -3.19. The molecule has 2 aromatic carbocycles. The summed E-state index contributed by atoms with van der Waals surface area (Å²) >= 11 is 1.45. The summed E-state index contributed by atoms with van der Waals surface area (Å²) in [7, 11) is 1.61. The first-order valence-electron chi connectivity index (χ1n) is 8.43. The lowest BCUT2D eigenvalue weighted by molar-refractivity contribution is 0.102. The zero-order valence-corrected chi connectivity index (χ0v) is 16.0. The highest BCUT2D eigenvalue weighted by Crippen LogP contribution is 2.28. The molecule has 0 saturated heterocycles. The van der Waals surface area contributed by atoms with E-state index in [9.17, 15) is 4.79 Å². The molecule has 0 radical (unpaired) electrons. The number of methoxy groups -OCH3 is 1. The van der Waals surface area contributed by atoms with Crippen LogP contribution in [-0.2, 0) is 0 Å². The number of nitrogens with one attached hydrogen (secondary N) is 1. The average Bonchev–Trinajstić information content (AvgIpc) is 3.29. The van der Waals surface area contributed by atoms with E-state index in [1.807, 2.05) is 50.2 Å². The molecular formula is C20H18N4O2S. The van der Waals surface area contributed by atoms with Crippen molar-refractivity contribution in [2.75, 3.05) is 12.4 Å². The van der Waals surface area contributed by atoms with Crippen LogP contribution in [0.15, 0.2) is 48.7 Å². The second kappa shape index (κ2) is 6.85. The highest BCUT2D eigenvalue weighted by atomic mass is 32.1. The van der Waals surface area contributed by atoms with Crippen molar-refractivity contribution in [1.82, 2.24) is 14.8 Å². The van der Waals surface area contributed by atoms with E-state index in [0.717, 1.165) is 27.0 Å². The van der Waals surface area contributed by atoms with Crippen LogP contribution in [-0.4, -0.2) is 27.8 Å². The maximum atomic E-state index is 12.6. The summed E-state index contributed by atoms with van der Waals surface area (Å²) < 4.78 is 8.08. The second-order valence-electron chi connectivity index (χ2n) is 6.22. The molecule has 0 unspecified atom stereocenters. The number of carbonyl (C=O) groups excluding carboxylic acids is 1. The van der Waals surface area contributed by atoms with E-state index in [-0.39, 0.29) is 5.91 Å². The van der Waals surface area contributed by atoms with Gasteiger partial charge in [0.2, 0.25) is 0 Å². The van der Waals surface area contributed by atoms with Crippen molar-refractivity contribution in [3.05, 3.63) is 65.5 Å². The Morgan fingerprint density at radius 1 is 1.19 bits per heavy atom. The number of para-hydroxylation sites is 1. The molecule has 2 aromatic heterocycles. The zero-order chi connectivity index (χ0) is 19.0. The molecule has 136 valence electrons. The quantitative estimate of drug-likeness (QED) is 0.573. The van der Waals surface area contributed by atoms with E-state index < -0.39 is 0 Å². The fraction of sp³-hybridized carbons (Fsp3) is 0.150. The monoisotopic (exact) mass is 378 g/mol. The van der Waals surface area contributed by atoms with E-state index in [0.29, 0.717) is 16.6 Å². The van der Waals surface area contributed by atoms with Gasteiger partial charge < -0.3 is 4.74 Å². The summed E-state index contributed by atoms with van der Waals surface area (Å²) in [6, 6.07) is 13.5. The molecule has 1 N–H and O–H groups in total. The molecule has 0 atom stereocenters. The molecule has 27 heavy (non-hydrogen) atoms. The average molecular weight is 378 g/mol. The third kappa shape index (κ3) is 3.29. The van der Waals surface area contributed by atoms with Crippen LogP contribution in [0.2, 0.25) is 0 Å². The maximum absolute atomic E-state index is 12.6. The number of ether oxygens (including phenoxy) is 1. The van der Waals surface area contributed by atoms with Crippen molar-refractivity contribution < 1.29 is 9.53 Å². The smallest absolute Gasteiger partial charge is 0.277 e. The Morgan fingerprint density at radius 3 is 2.81 bits per heavy atom. The largest absolute Gasteiger partial charge is 0.494 e. The van der Waals surface area contributed by atoms with Crippen molar-refractivity contribution in [2.45, 2.75) is 13.8 Å². The van der Waals surface area contributed by atoms with Crippen LogP contribution in [0.5, 0.6) is 5.75 Å². The van der Waals surface area contributed by atoms with Crippen molar-refractivity contribution >= 4 is 32.6 Å². The van der Waals surface area contributed by atoms with Gasteiger partial charge in [0.15, 0.2) is 10.8 Å². The van der Waals surface area contributed by atoms with Crippen molar-refractivity contribution in [3.63, 3.8) is 0 Å². The fourth-order valence-corrected chi connectivity index (χ4v) is 3.80. The number of anilines is 1. The van der Waals surface area contributed by atoms with Crippen LogP contribution in [0, 0.1) is 13.8 Å². The number of carbonyl (C=O) groups is 1. The summed E-state index contributed by atoms with van der Waals surface area (Å²) in [6.07, 6.45) is 1.74. The Bertz CT molecular complexity index is 1150. The zero-order valence-electron chi connectivity index (χ0n) is 15.2. The molecule has 0 fully saturated rings. The van der Waals surface area contributed by atoms with Gasteiger partial charge in [-0.3, -0.25) is 10.1 Å². The number of fused-ring (bicyclic) bond motifs is 1. The fourth-order valence-electron chi connectivity index (χ4n) is 2.86. The number of amides is 1. The minimum atomic E-state index is -0.294. The van der Waals surface area contributed by atoms with Gasteiger partial charge in [-0.15, -0.1) is 0 Å². The predicted octanol–water partition coefficient (Wildman–Crippen LogP) is 4.36. The predicted molar refractivity (Wildman–Crippen MR) is 107 cm³/mol. The highest BCUT2D eigenvalue weighted by Gasteiger charge is 2.15. The van der Waals surface area contributed by atoms with E-state index in [1.165, 1.54) is 11.3 Å². The summed E-state index contributed by atoms with van der Waals surface area (Å²) in [4.78, 5) is 17.1. The molecule has 0 aliphatic rings. The van der Waals surface area contributed by atoms with Gasteiger partial charge >= 0.3 is 0 Å². The molecule has 2 heterocycles. The molecule has 4 aromatic rings. The molecule has 1 amide bonds. The minimum absolute atomic E-state index is 0.294. The first-order valence-corrected chi connectivity index (χ1v) is 9.25. The molecular weight excluding hydrogens is 360 g/mol. The number of benzene rings is 2. The van der Waals surface area contributed by atoms with E-state index in [4.69, 9.17) is 4.74 Å².